The van der Waals surface area contributed by atoms with Crippen LogP contribution in [0, 0.1) is 0 Å². The van der Waals surface area contributed by atoms with E-state index in [9.17, 15) is 14.4 Å². The minimum Gasteiger partial charge on any atom is -0.493 e. The summed E-state index contributed by atoms with van der Waals surface area (Å²) in [6.07, 6.45) is 1.56. The Morgan fingerprint density at radius 2 is 1.55 bits per heavy atom. The zero-order chi connectivity index (χ0) is 22.0. The molecule has 0 aliphatic heterocycles. The SMILES string of the molecule is COc1cc(C=C2C(=O)c3ccccc3C2=O)ccc1OCc1ccc(C(=O)O)cc1. The predicted molar refractivity (Wildman–Crippen MR) is 114 cm³/mol. The largest absolute Gasteiger partial charge is 0.493 e. The van der Waals surface area contributed by atoms with Crippen LogP contribution in [-0.2, 0) is 6.61 Å². The highest BCUT2D eigenvalue weighted by atomic mass is 16.5. The van der Waals surface area contributed by atoms with Gasteiger partial charge >= 0.3 is 5.97 Å². The van der Waals surface area contributed by atoms with E-state index in [-0.39, 0.29) is 29.3 Å². The zero-order valence-corrected chi connectivity index (χ0v) is 16.6. The third-order valence-electron chi connectivity index (χ3n) is 5.00. The summed E-state index contributed by atoms with van der Waals surface area (Å²) in [4.78, 5) is 36.1. The first-order chi connectivity index (χ1) is 15.0. The molecule has 0 fully saturated rings. The third kappa shape index (κ3) is 3.96. The van der Waals surface area contributed by atoms with Crippen LogP contribution in [0.5, 0.6) is 11.5 Å². The van der Waals surface area contributed by atoms with Gasteiger partial charge in [-0.3, -0.25) is 9.59 Å². The summed E-state index contributed by atoms with van der Waals surface area (Å²) in [5.74, 6) is -0.623. The van der Waals surface area contributed by atoms with Crippen molar-refractivity contribution in [3.63, 3.8) is 0 Å². The second-order valence-electron chi connectivity index (χ2n) is 6.96. The second kappa shape index (κ2) is 8.28. The molecule has 1 aliphatic carbocycles. The first-order valence-corrected chi connectivity index (χ1v) is 9.51. The lowest BCUT2D eigenvalue weighted by Gasteiger charge is -2.12. The molecule has 0 saturated heterocycles. The average Bonchev–Trinajstić information content (AvgIpc) is 3.03. The first kappa shape index (κ1) is 20.1. The molecular formula is C25H18O6. The number of carboxylic acid groups (broad SMARTS) is 1. The van der Waals surface area contributed by atoms with Crippen LogP contribution in [-0.4, -0.2) is 29.8 Å². The molecule has 0 aromatic heterocycles. The number of carboxylic acids is 1. The number of rotatable bonds is 6. The first-order valence-electron chi connectivity index (χ1n) is 9.51. The van der Waals surface area contributed by atoms with Gasteiger partial charge in [-0.15, -0.1) is 0 Å². The molecule has 0 heterocycles. The minimum absolute atomic E-state index is 0.121. The normalized spacial score (nSPS) is 12.5. The van der Waals surface area contributed by atoms with Gasteiger partial charge < -0.3 is 14.6 Å². The molecule has 0 unspecified atom stereocenters. The molecule has 0 radical (unpaired) electrons. The number of carbonyl (C=O) groups is 3. The van der Waals surface area contributed by atoms with Gasteiger partial charge in [-0.25, -0.2) is 4.79 Å². The van der Waals surface area contributed by atoms with Crippen LogP contribution < -0.4 is 9.47 Å². The summed E-state index contributed by atoms with van der Waals surface area (Å²) in [7, 11) is 1.50. The smallest absolute Gasteiger partial charge is 0.335 e. The molecule has 4 rings (SSSR count). The van der Waals surface area contributed by atoms with Crippen LogP contribution in [0.2, 0.25) is 0 Å². The van der Waals surface area contributed by atoms with Gasteiger partial charge in [0, 0.05) is 11.1 Å². The Kier molecular flexibility index (Phi) is 5.37. The van der Waals surface area contributed by atoms with E-state index in [0.29, 0.717) is 28.2 Å². The standard InChI is InChI=1S/C25H18O6/c1-30-22-13-16(12-20-23(26)18-4-2-3-5-19(18)24(20)27)8-11-21(22)31-14-15-6-9-17(10-7-15)25(28)29/h2-13H,14H2,1H3,(H,28,29). The van der Waals surface area contributed by atoms with Crippen molar-refractivity contribution < 1.29 is 29.0 Å². The van der Waals surface area contributed by atoms with E-state index in [1.54, 1.807) is 60.7 Å². The van der Waals surface area contributed by atoms with Gasteiger partial charge in [0.05, 0.1) is 18.2 Å². The molecule has 154 valence electrons. The van der Waals surface area contributed by atoms with Crippen molar-refractivity contribution in [1.29, 1.82) is 0 Å². The van der Waals surface area contributed by atoms with E-state index in [4.69, 9.17) is 14.6 Å². The Balaban J connectivity index is 1.53. The molecule has 3 aromatic rings. The summed E-state index contributed by atoms with van der Waals surface area (Å²) in [6, 6.07) is 18.3. The molecular weight excluding hydrogens is 396 g/mol. The molecule has 0 bridgehead atoms. The maximum Gasteiger partial charge on any atom is 0.335 e. The minimum atomic E-state index is -0.985. The number of benzene rings is 3. The van der Waals surface area contributed by atoms with Crippen molar-refractivity contribution in [1.82, 2.24) is 0 Å². The maximum atomic E-state index is 12.6. The Hall–Kier alpha value is -4.19. The van der Waals surface area contributed by atoms with Gasteiger partial charge in [-0.1, -0.05) is 42.5 Å². The highest BCUT2D eigenvalue weighted by molar-refractivity contribution is 6.41. The lowest BCUT2D eigenvalue weighted by molar-refractivity contribution is 0.0696. The quantitative estimate of drug-likeness (QED) is 0.474. The molecule has 6 heteroatoms. The van der Waals surface area contributed by atoms with Crippen molar-refractivity contribution in [3.05, 3.63) is 100 Å². The van der Waals surface area contributed by atoms with E-state index in [1.165, 1.54) is 19.2 Å². The van der Waals surface area contributed by atoms with Crippen LogP contribution in [0.25, 0.3) is 6.08 Å². The lowest BCUT2D eigenvalue weighted by atomic mass is 10.1. The van der Waals surface area contributed by atoms with Crippen molar-refractivity contribution in [2.24, 2.45) is 0 Å². The summed E-state index contributed by atoms with van der Waals surface area (Å²) in [5, 5.41) is 8.97. The van der Waals surface area contributed by atoms with Crippen molar-refractivity contribution in [3.8, 4) is 11.5 Å². The van der Waals surface area contributed by atoms with E-state index in [1.807, 2.05) is 0 Å². The number of aromatic carboxylic acids is 1. The van der Waals surface area contributed by atoms with Gasteiger partial charge in [0.2, 0.25) is 0 Å². The predicted octanol–water partition coefficient (Wildman–Crippen LogP) is 4.44. The lowest BCUT2D eigenvalue weighted by Crippen LogP contribution is -2.01. The fourth-order valence-corrected chi connectivity index (χ4v) is 3.37. The number of methoxy groups -OCH3 is 1. The molecule has 0 amide bonds. The summed E-state index contributed by atoms with van der Waals surface area (Å²) in [5.41, 5.74) is 2.60. The molecule has 3 aromatic carbocycles. The summed E-state index contributed by atoms with van der Waals surface area (Å²) < 4.78 is 11.2. The van der Waals surface area contributed by atoms with Crippen molar-refractivity contribution in [2.75, 3.05) is 7.11 Å². The van der Waals surface area contributed by atoms with E-state index in [2.05, 4.69) is 0 Å². The number of hydrogen-bond donors (Lipinski definition) is 1. The Labute approximate surface area is 178 Å². The van der Waals surface area contributed by atoms with Crippen LogP contribution in [0.15, 0.2) is 72.3 Å². The second-order valence-corrected chi connectivity index (χ2v) is 6.96. The molecule has 0 saturated carbocycles. The van der Waals surface area contributed by atoms with Gasteiger partial charge in [0.25, 0.3) is 0 Å². The van der Waals surface area contributed by atoms with Gasteiger partial charge in [0.1, 0.15) is 6.61 Å². The molecule has 6 nitrogen and oxygen atoms in total. The molecule has 31 heavy (non-hydrogen) atoms. The maximum absolute atomic E-state index is 12.6. The number of ether oxygens (including phenoxy) is 2. The molecule has 1 aliphatic rings. The van der Waals surface area contributed by atoms with Crippen LogP contribution in [0.3, 0.4) is 0 Å². The number of Topliss-reactive ketones (excluding diaryl/α,β-unsaturated/α-hetero) is 2. The number of fused-ring (bicyclic) bond motifs is 1. The monoisotopic (exact) mass is 414 g/mol. The average molecular weight is 414 g/mol. The van der Waals surface area contributed by atoms with Gasteiger partial charge in [-0.2, -0.15) is 0 Å². The third-order valence-corrected chi connectivity index (χ3v) is 5.00. The Morgan fingerprint density at radius 3 is 2.13 bits per heavy atom. The summed E-state index contributed by atoms with van der Waals surface area (Å²) in [6.45, 7) is 0.225. The fourth-order valence-electron chi connectivity index (χ4n) is 3.37. The Bertz CT molecular complexity index is 1180. The molecule has 0 spiro atoms. The molecule has 0 atom stereocenters. The summed E-state index contributed by atoms with van der Waals surface area (Å²) >= 11 is 0. The number of allylic oxidation sites excluding steroid dienone is 1. The van der Waals surface area contributed by atoms with Gasteiger partial charge in [0.15, 0.2) is 23.1 Å². The topological polar surface area (TPSA) is 89.9 Å². The molecule has 1 N–H and O–H groups in total. The van der Waals surface area contributed by atoms with Crippen molar-refractivity contribution in [2.45, 2.75) is 6.61 Å². The highest BCUT2D eigenvalue weighted by Gasteiger charge is 2.32. The Morgan fingerprint density at radius 1 is 0.903 bits per heavy atom. The van der Waals surface area contributed by atoms with E-state index in [0.717, 1.165) is 5.56 Å². The van der Waals surface area contributed by atoms with E-state index < -0.39 is 5.97 Å². The van der Waals surface area contributed by atoms with E-state index >= 15 is 0 Å². The number of ketones is 2. The van der Waals surface area contributed by atoms with Crippen molar-refractivity contribution >= 4 is 23.6 Å². The van der Waals surface area contributed by atoms with Crippen LogP contribution in [0.1, 0.15) is 42.2 Å². The van der Waals surface area contributed by atoms with Gasteiger partial charge in [-0.05, 0) is 41.5 Å². The zero-order valence-electron chi connectivity index (χ0n) is 16.6. The van der Waals surface area contributed by atoms with Crippen LogP contribution in [0.4, 0.5) is 0 Å². The van der Waals surface area contributed by atoms with Crippen LogP contribution >= 0.6 is 0 Å². The number of carbonyl (C=O) groups excluding carboxylic acids is 2. The number of hydrogen-bond acceptors (Lipinski definition) is 5. The highest BCUT2D eigenvalue weighted by Crippen LogP contribution is 2.32. The fraction of sp³-hybridized carbons (Fsp3) is 0.0800.